The zero-order chi connectivity index (χ0) is 14.5. The Morgan fingerprint density at radius 2 is 1.70 bits per heavy atom. The van der Waals surface area contributed by atoms with Crippen LogP contribution in [-0.4, -0.2) is 58.0 Å². The Kier molecular flexibility index (Phi) is 5.54. The predicted molar refractivity (Wildman–Crippen MR) is 81.0 cm³/mol. The molecule has 0 amide bonds. The van der Waals surface area contributed by atoms with Crippen molar-refractivity contribution in [1.29, 1.82) is 0 Å². The fourth-order valence-corrected chi connectivity index (χ4v) is 2.84. The number of methoxy groups -OCH3 is 2. The van der Waals surface area contributed by atoms with Gasteiger partial charge in [0, 0.05) is 39.9 Å². The van der Waals surface area contributed by atoms with E-state index in [1.165, 1.54) is 11.1 Å². The fraction of sp³-hybridized carbons (Fsp3) is 0.625. The number of hydrogen-bond acceptors (Lipinski definition) is 4. The van der Waals surface area contributed by atoms with E-state index in [9.17, 15) is 0 Å². The molecule has 1 aromatic rings. The van der Waals surface area contributed by atoms with Crippen LogP contribution >= 0.6 is 0 Å². The zero-order valence-corrected chi connectivity index (χ0v) is 12.9. The maximum absolute atomic E-state index is 5.49. The van der Waals surface area contributed by atoms with Gasteiger partial charge in [0.1, 0.15) is 0 Å². The van der Waals surface area contributed by atoms with Gasteiger partial charge in [-0.1, -0.05) is 29.8 Å². The first-order valence-electron chi connectivity index (χ1n) is 7.19. The first kappa shape index (κ1) is 15.4. The normalized spacial score (nSPS) is 25.0. The summed E-state index contributed by atoms with van der Waals surface area (Å²) in [6.45, 7) is 4.95. The predicted octanol–water partition coefficient (Wildman–Crippen LogP) is 1.60. The Labute approximate surface area is 122 Å². The Balaban J connectivity index is 1.99. The lowest BCUT2D eigenvalue weighted by Gasteiger charge is -2.23. The smallest absolute Gasteiger partial charge is 0.0971 e. The molecule has 0 saturated carbocycles. The lowest BCUT2D eigenvalue weighted by atomic mass is 10.0. The molecule has 0 bridgehead atoms. The molecule has 4 heteroatoms. The first-order chi connectivity index (χ1) is 9.67. The molecule has 20 heavy (non-hydrogen) atoms. The van der Waals surface area contributed by atoms with Crippen LogP contribution in [0.4, 0.5) is 0 Å². The fourth-order valence-electron chi connectivity index (χ4n) is 2.84. The summed E-state index contributed by atoms with van der Waals surface area (Å²) in [6, 6.07) is 9.07. The van der Waals surface area contributed by atoms with Crippen molar-refractivity contribution >= 4 is 0 Å². The van der Waals surface area contributed by atoms with Gasteiger partial charge in [0.25, 0.3) is 0 Å². The first-order valence-corrected chi connectivity index (χ1v) is 7.19. The molecule has 0 radical (unpaired) electrons. The Morgan fingerprint density at radius 3 is 2.15 bits per heavy atom. The van der Waals surface area contributed by atoms with Crippen molar-refractivity contribution in [3.63, 3.8) is 0 Å². The second-order valence-electron chi connectivity index (χ2n) is 5.52. The van der Waals surface area contributed by atoms with Gasteiger partial charge in [0.15, 0.2) is 0 Å². The van der Waals surface area contributed by atoms with Crippen molar-refractivity contribution < 1.29 is 9.47 Å². The molecule has 0 spiro atoms. The Morgan fingerprint density at radius 1 is 1.15 bits per heavy atom. The van der Waals surface area contributed by atoms with Crippen LogP contribution in [0.5, 0.6) is 0 Å². The summed E-state index contributed by atoms with van der Waals surface area (Å²) in [4.78, 5) is 2.41. The average molecular weight is 278 g/mol. The molecule has 112 valence electrons. The molecule has 3 unspecified atom stereocenters. The molecule has 1 heterocycles. The second-order valence-corrected chi connectivity index (χ2v) is 5.52. The van der Waals surface area contributed by atoms with Gasteiger partial charge in [-0.05, 0) is 19.5 Å². The molecule has 0 aliphatic carbocycles. The Bertz CT molecular complexity index is 395. The number of nitrogens with zero attached hydrogens (tertiary/aromatic N) is 1. The van der Waals surface area contributed by atoms with Gasteiger partial charge < -0.3 is 14.8 Å². The molecule has 2 rings (SSSR count). The molecule has 1 aromatic carbocycles. The topological polar surface area (TPSA) is 33.7 Å². The summed E-state index contributed by atoms with van der Waals surface area (Å²) in [5.41, 5.74) is 2.62. The standard InChI is InChI=1S/C16H26N2O2/c1-12-5-7-13(8-6-12)14(17-2)9-18-10-15(19-3)16(11-18)20-4/h5-8,14-17H,9-11H2,1-4H3. The highest BCUT2D eigenvalue weighted by Gasteiger charge is 2.33. The van der Waals surface area contributed by atoms with Crippen molar-refractivity contribution in [1.82, 2.24) is 10.2 Å². The van der Waals surface area contributed by atoms with Gasteiger partial charge in [-0.25, -0.2) is 0 Å². The third kappa shape index (κ3) is 3.58. The highest BCUT2D eigenvalue weighted by Crippen LogP contribution is 2.20. The van der Waals surface area contributed by atoms with Crippen LogP contribution in [0.25, 0.3) is 0 Å². The molecule has 4 nitrogen and oxygen atoms in total. The molecule has 1 N–H and O–H groups in total. The van der Waals surface area contributed by atoms with Gasteiger partial charge in [-0.15, -0.1) is 0 Å². The van der Waals surface area contributed by atoms with Crippen molar-refractivity contribution in [2.75, 3.05) is 40.9 Å². The number of likely N-dealkylation sites (tertiary alicyclic amines) is 1. The summed E-state index contributed by atoms with van der Waals surface area (Å²) < 4.78 is 11.0. The highest BCUT2D eigenvalue weighted by atomic mass is 16.5. The largest absolute Gasteiger partial charge is 0.377 e. The van der Waals surface area contributed by atoms with E-state index in [4.69, 9.17) is 9.47 Å². The van der Waals surface area contributed by atoms with E-state index in [-0.39, 0.29) is 12.2 Å². The number of aryl methyl sites for hydroxylation is 1. The van der Waals surface area contributed by atoms with E-state index in [0.29, 0.717) is 6.04 Å². The van der Waals surface area contributed by atoms with E-state index < -0.39 is 0 Å². The minimum absolute atomic E-state index is 0.176. The lowest BCUT2D eigenvalue weighted by molar-refractivity contribution is -0.00461. The van der Waals surface area contributed by atoms with Crippen LogP contribution in [-0.2, 0) is 9.47 Å². The minimum atomic E-state index is 0.176. The van der Waals surface area contributed by atoms with Crippen molar-refractivity contribution in [3.8, 4) is 0 Å². The van der Waals surface area contributed by atoms with Crippen molar-refractivity contribution in [3.05, 3.63) is 35.4 Å². The van der Waals surface area contributed by atoms with Crippen LogP contribution < -0.4 is 5.32 Å². The van der Waals surface area contributed by atoms with Gasteiger partial charge in [-0.3, -0.25) is 4.90 Å². The minimum Gasteiger partial charge on any atom is -0.377 e. The maximum atomic E-state index is 5.49. The number of nitrogens with one attached hydrogen (secondary N) is 1. The summed E-state index contributed by atoms with van der Waals surface area (Å²) in [7, 11) is 5.54. The number of benzene rings is 1. The van der Waals surface area contributed by atoms with Gasteiger partial charge in [-0.2, -0.15) is 0 Å². The molecule has 0 aromatic heterocycles. The second kappa shape index (κ2) is 7.18. The molecular formula is C16H26N2O2. The van der Waals surface area contributed by atoms with Crippen LogP contribution in [0.15, 0.2) is 24.3 Å². The molecule has 3 atom stereocenters. The van der Waals surface area contributed by atoms with Gasteiger partial charge in [0.2, 0.25) is 0 Å². The average Bonchev–Trinajstić information content (AvgIpc) is 2.88. The number of likely N-dealkylation sites (N-methyl/N-ethyl adjacent to an activating group) is 1. The van der Waals surface area contributed by atoms with Crippen molar-refractivity contribution in [2.45, 2.75) is 25.2 Å². The van der Waals surface area contributed by atoms with Crippen LogP contribution in [0.3, 0.4) is 0 Å². The van der Waals surface area contributed by atoms with Crippen molar-refractivity contribution in [2.24, 2.45) is 0 Å². The number of rotatable bonds is 6. The summed E-state index contributed by atoms with van der Waals surface area (Å²) in [5, 5.41) is 3.41. The van der Waals surface area contributed by atoms with Crippen LogP contribution in [0.2, 0.25) is 0 Å². The van der Waals surface area contributed by atoms with E-state index in [1.54, 1.807) is 14.2 Å². The van der Waals surface area contributed by atoms with E-state index in [0.717, 1.165) is 19.6 Å². The Hall–Kier alpha value is -0.940. The van der Waals surface area contributed by atoms with E-state index in [1.807, 2.05) is 7.05 Å². The van der Waals surface area contributed by atoms with Crippen LogP contribution in [0.1, 0.15) is 17.2 Å². The molecule has 1 saturated heterocycles. The number of hydrogen-bond donors (Lipinski definition) is 1. The van der Waals surface area contributed by atoms with Gasteiger partial charge in [0.05, 0.1) is 12.2 Å². The van der Waals surface area contributed by atoms with Crippen LogP contribution in [0, 0.1) is 6.92 Å². The molecule has 1 aliphatic heterocycles. The molecular weight excluding hydrogens is 252 g/mol. The third-order valence-corrected chi connectivity index (χ3v) is 4.17. The maximum Gasteiger partial charge on any atom is 0.0971 e. The molecule has 1 fully saturated rings. The monoisotopic (exact) mass is 278 g/mol. The lowest BCUT2D eigenvalue weighted by Crippen LogP contribution is -2.33. The van der Waals surface area contributed by atoms with E-state index >= 15 is 0 Å². The summed E-state index contributed by atoms with van der Waals surface area (Å²) in [6.07, 6.45) is 0.353. The quantitative estimate of drug-likeness (QED) is 0.857. The third-order valence-electron chi connectivity index (χ3n) is 4.17. The number of ether oxygens (including phenoxy) is 2. The SMILES string of the molecule is CNC(CN1CC(OC)C(OC)C1)c1ccc(C)cc1. The summed E-state index contributed by atoms with van der Waals surface area (Å²) >= 11 is 0. The van der Waals surface area contributed by atoms with E-state index in [2.05, 4.69) is 41.4 Å². The zero-order valence-electron chi connectivity index (χ0n) is 12.9. The highest BCUT2D eigenvalue weighted by molar-refractivity contribution is 5.24. The van der Waals surface area contributed by atoms with Gasteiger partial charge >= 0.3 is 0 Å². The summed E-state index contributed by atoms with van der Waals surface area (Å²) in [5.74, 6) is 0. The molecule has 1 aliphatic rings.